The van der Waals surface area contributed by atoms with Crippen LogP contribution >= 0.6 is 11.8 Å². The number of hydrogen-bond donors (Lipinski definition) is 0. The largest absolute Gasteiger partial charge is 0.496 e. The van der Waals surface area contributed by atoms with Crippen LogP contribution in [0.2, 0.25) is 0 Å². The highest BCUT2D eigenvalue weighted by molar-refractivity contribution is 7.98. The highest BCUT2D eigenvalue weighted by atomic mass is 32.2. The van der Waals surface area contributed by atoms with E-state index in [9.17, 15) is 14.9 Å². The second-order valence-electron chi connectivity index (χ2n) is 5.45. The van der Waals surface area contributed by atoms with E-state index in [1.165, 1.54) is 43.1 Å². The average molecular weight is 401 g/mol. The van der Waals surface area contributed by atoms with Crippen LogP contribution in [-0.2, 0) is 11.3 Å². The molecule has 0 saturated carbocycles. The molecular weight excluding hydrogens is 386 g/mol. The fraction of sp³-hybridized carbons (Fsp3) is 0.167. The van der Waals surface area contributed by atoms with E-state index < -0.39 is 10.9 Å². The summed E-state index contributed by atoms with van der Waals surface area (Å²) in [5.74, 6) is 0.0952. The third kappa shape index (κ3) is 4.29. The maximum absolute atomic E-state index is 12.3. The highest BCUT2D eigenvalue weighted by Gasteiger charge is 2.17. The minimum absolute atomic E-state index is 0.0427. The van der Waals surface area contributed by atoms with Crippen molar-refractivity contribution < 1.29 is 23.6 Å². The van der Waals surface area contributed by atoms with E-state index in [4.69, 9.17) is 13.9 Å². The molecule has 0 atom stereocenters. The lowest BCUT2D eigenvalue weighted by molar-refractivity contribution is -0.384. The Morgan fingerprint density at radius 1 is 1.21 bits per heavy atom. The van der Waals surface area contributed by atoms with Gasteiger partial charge in [-0.15, -0.1) is 22.0 Å². The van der Waals surface area contributed by atoms with Gasteiger partial charge in [0.2, 0.25) is 5.89 Å². The van der Waals surface area contributed by atoms with Crippen LogP contribution < -0.4 is 4.74 Å². The molecule has 0 spiro atoms. The van der Waals surface area contributed by atoms with Gasteiger partial charge in [0, 0.05) is 22.6 Å². The molecule has 1 heterocycles. The number of nitro groups is 1. The van der Waals surface area contributed by atoms with E-state index in [0.717, 1.165) is 4.90 Å². The van der Waals surface area contributed by atoms with Gasteiger partial charge >= 0.3 is 5.97 Å². The number of thioether (sulfide) groups is 1. The van der Waals surface area contributed by atoms with Crippen LogP contribution in [0.4, 0.5) is 5.69 Å². The Morgan fingerprint density at radius 3 is 2.61 bits per heavy atom. The fourth-order valence-electron chi connectivity index (χ4n) is 2.33. The summed E-state index contributed by atoms with van der Waals surface area (Å²) in [6.07, 6.45) is 1.92. The van der Waals surface area contributed by atoms with Gasteiger partial charge in [0.15, 0.2) is 6.61 Å². The number of nitro benzene ring substituents is 1. The van der Waals surface area contributed by atoms with Crippen LogP contribution in [0.25, 0.3) is 11.5 Å². The molecule has 2 aromatic carbocycles. The second kappa shape index (κ2) is 8.53. The number of carbonyl (C=O) groups excluding carboxylic acids is 1. The maximum Gasteiger partial charge on any atom is 0.342 e. The van der Waals surface area contributed by atoms with Crippen molar-refractivity contribution in [2.75, 3.05) is 13.4 Å². The lowest BCUT2D eigenvalue weighted by Crippen LogP contribution is -2.07. The van der Waals surface area contributed by atoms with Gasteiger partial charge < -0.3 is 13.9 Å². The lowest BCUT2D eigenvalue weighted by Gasteiger charge is -2.09. The molecule has 144 valence electrons. The molecule has 0 radical (unpaired) electrons. The zero-order chi connectivity index (χ0) is 20.1. The Bertz CT molecular complexity index is 1000. The quantitative estimate of drug-likeness (QED) is 0.252. The normalized spacial score (nSPS) is 10.5. The molecule has 10 heteroatoms. The predicted octanol–water partition coefficient (Wildman–Crippen LogP) is 3.73. The zero-order valence-electron chi connectivity index (χ0n) is 14.9. The Balaban J connectivity index is 1.67. The Morgan fingerprint density at radius 2 is 1.96 bits per heavy atom. The van der Waals surface area contributed by atoms with Crippen molar-refractivity contribution in [2.45, 2.75) is 11.5 Å². The molecule has 0 saturated heterocycles. The van der Waals surface area contributed by atoms with Crippen LogP contribution in [0.3, 0.4) is 0 Å². The van der Waals surface area contributed by atoms with E-state index in [0.29, 0.717) is 11.3 Å². The van der Waals surface area contributed by atoms with Gasteiger partial charge in [-0.05, 0) is 36.6 Å². The van der Waals surface area contributed by atoms with E-state index in [1.54, 1.807) is 18.2 Å². The summed E-state index contributed by atoms with van der Waals surface area (Å²) in [7, 11) is 1.48. The minimum atomic E-state index is -0.584. The van der Waals surface area contributed by atoms with Crippen molar-refractivity contribution in [3.05, 3.63) is 64.0 Å². The van der Waals surface area contributed by atoms with Gasteiger partial charge in [-0.25, -0.2) is 4.79 Å². The number of carbonyl (C=O) groups is 1. The molecule has 0 amide bonds. The third-order valence-corrected chi connectivity index (χ3v) is 4.47. The average Bonchev–Trinajstić information content (AvgIpc) is 3.20. The van der Waals surface area contributed by atoms with E-state index in [1.807, 2.05) is 6.26 Å². The summed E-state index contributed by atoms with van der Waals surface area (Å²) >= 11 is 1.53. The summed E-state index contributed by atoms with van der Waals surface area (Å²) in [4.78, 5) is 23.5. The number of methoxy groups -OCH3 is 1. The SMILES string of the molecule is COc1cc(SC)ccc1C(=O)OCc1nnc(-c2ccc([N+](=O)[O-])cc2)o1. The topological polar surface area (TPSA) is 118 Å². The highest BCUT2D eigenvalue weighted by Crippen LogP contribution is 2.26. The number of ether oxygens (including phenoxy) is 2. The molecule has 0 aliphatic rings. The zero-order valence-corrected chi connectivity index (χ0v) is 15.8. The van der Waals surface area contributed by atoms with Crippen molar-refractivity contribution in [2.24, 2.45) is 0 Å². The number of benzene rings is 2. The molecular formula is C18H15N3O6S. The molecule has 3 rings (SSSR count). The first-order valence-electron chi connectivity index (χ1n) is 7.98. The molecule has 1 aromatic heterocycles. The van der Waals surface area contributed by atoms with Crippen molar-refractivity contribution in [3.63, 3.8) is 0 Å². The van der Waals surface area contributed by atoms with Gasteiger partial charge in [-0.2, -0.15) is 0 Å². The van der Waals surface area contributed by atoms with Crippen LogP contribution in [-0.4, -0.2) is 34.5 Å². The predicted molar refractivity (Wildman–Crippen MR) is 100 cm³/mol. The monoisotopic (exact) mass is 401 g/mol. The Hall–Kier alpha value is -3.40. The van der Waals surface area contributed by atoms with Gasteiger partial charge in [0.1, 0.15) is 11.3 Å². The van der Waals surface area contributed by atoms with E-state index in [2.05, 4.69) is 10.2 Å². The fourth-order valence-corrected chi connectivity index (χ4v) is 2.76. The first-order chi connectivity index (χ1) is 13.5. The van der Waals surface area contributed by atoms with E-state index >= 15 is 0 Å². The number of esters is 1. The molecule has 0 unspecified atom stereocenters. The van der Waals surface area contributed by atoms with Crippen molar-refractivity contribution in [1.82, 2.24) is 10.2 Å². The van der Waals surface area contributed by atoms with Gasteiger partial charge in [-0.1, -0.05) is 0 Å². The Kier molecular flexibility index (Phi) is 5.90. The molecule has 0 N–H and O–H groups in total. The van der Waals surface area contributed by atoms with Gasteiger partial charge in [0.25, 0.3) is 11.6 Å². The number of nitrogens with zero attached hydrogens (tertiary/aromatic N) is 3. The maximum atomic E-state index is 12.3. The molecule has 0 aliphatic carbocycles. The molecule has 3 aromatic rings. The van der Waals surface area contributed by atoms with Gasteiger partial charge in [0.05, 0.1) is 12.0 Å². The van der Waals surface area contributed by atoms with Crippen molar-refractivity contribution >= 4 is 23.4 Å². The van der Waals surface area contributed by atoms with Crippen LogP contribution in [0.15, 0.2) is 51.8 Å². The first kappa shape index (κ1) is 19.4. The number of hydrogen-bond acceptors (Lipinski definition) is 9. The second-order valence-corrected chi connectivity index (χ2v) is 6.33. The Labute approximate surface area is 163 Å². The third-order valence-electron chi connectivity index (χ3n) is 3.75. The minimum Gasteiger partial charge on any atom is -0.496 e. The molecule has 0 aliphatic heterocycles. The smallest absolute Gasteiger partial charge is 0.342 e. The van der Waals surface area contributed by atoms with Gasteiger partial charge in [-0.3, -0.25) is 10.1 Å². The van der Waals surface area contributed by atoms with Crippen LogP contribution in [0.5, 0.6) is 5.75 Å². The lowest BCUT2D eigenvalue weighted by atomic mass is 10.2. The summed E-state index contributed by atoms with van der Waals surface area (Å²) in [6.45, 7) is -0.216. The standard InChI is InChI=1S/C18H15N3O6S/c1-25-15-9-13(28-2)7-8-14(15)18(22)26-10-16-19-20-17(27-16)11-3-5-12(6-4-11)21(23)24/h3-9H,10H2,1-2H3. The number of non-ortho nitro benzene ring substituents is 1. The molecule has 9 nitrogen and oxygen atoms in total. The molecule has 0 bridgehead atoms. The van der Waals surface area contributed by atoms with Crippen molar-refractivity contribution in [1.29, 1.82) is 0 Å². The summed E-state index contributed by atoms with van der Waals surface area (Å²) in [5, 5.41) is 18.4. The molecule has 0 fully saturated rings. The summed E-state index contributed by atoms with van der Waals surface area (Å²) in [6, 6.07) is 10.8. The molecule has 28 heavy (non-hydrogen) atoms. The van der Waals surface area contributed by atoms with Crippen LogP contribution in [0, 0.1) is 10.1 Å². The summed E-state index contributed by atoms with van der Waals surface area (Å²) < 4.78 is 15.9. The number of rotatable bonds is 7. The first-order valence-corrected chi connectivity index (χ1v) is 9.20. The van der Waals surface area contributed by atoms with E-state index in [-0.39, 0.29) is 29.6 Å². The number of aromatic nitrogens is 2. The summed E-state index contributed by atoms with van der Waals surface area (Å²) in [5.41, 5.74) is 0.763. The van der Waals surface area contributed by atoms with Crippen molar-refractivity contribution in [3.8, 4) is 17.2 Å². The van der Waals surface area contributed by atoms with Crippen LogP contribution in [0.1, 0.15) is 16.2 Å².